The number of rotatable bonds is 2. The van der Waals surface area contributed by atoms with E-state index in [1.807, 2.05) is 0 Å². The Hall–Kier alpha value is -0.0500. The first-order chi connectivity index (χ1) is 6.70. The van der Waals surface area contributed by atoms with Gasteiger partial charge in [0.25, 0.3) is 0 Å². The maximum absolute atomic E-state index is 9.74. The van der Waals surface area contributed by atoms with Crippen molar-refractivity contribution < 1.29 is 5.11 Å². The number of aliphatic hydroxyl groups is 1. The van der Waals surface area contributed by atoms with Gasteiger partial charge < -0.3 is 5.11 Å². The molecule has 2 nitrogen and oxygen atoms in total. The van der Waals surface area contributed by atoms with Gasteiger partial charge in [-0.15, -0.1) is 0 Å². The fraction of sp³-hybridized carbons (Fsp3) is 0.818. The van der Waals surface area contributed by atoms with E-state index in [9.17, 15) is 5.11 Å². The topological polar surface area (TPSA) is 23.5 Å². The predicted molar refractivity (Wildman–Crippen MR) is 58.3 cm³/mol. The van der Waals surface area contributed by atoms with Crippen LogP contribution in [0.25, 0.3) is 0 Å². The van der Waals surface area contributed by atoms with Gasteiger partial charge in [-0.2, -0.15) is 0 Å². The van der Waals surface area contributed by atoms with E-state index in [0.29, 0.717) is 5.92 Å². The third-order valence-corrected chi connectivity index (χ3v) is 3.93. The molecular weight excluding hydrogens is 198 g/mol. The van der Waals surface area contributed by atoms with Crippen LogP contribution >= 0.6 is 11.6 Å². The average Bonchev–Trinajstić information content (AvgIpc) is 2.69. The van der Waals surface area contributed by atoms with Crippen LogP contribution in [0.2, 0.25) is 0 Å². The number of nitrogens with zero attached hydrogens (tertiary/aromatic N) is 1. The monoisotopic (exact) mass is 215 g/mol. The van der Waals surface area contributed by atoms with E-state index in [0.717, 1.165) is 32.0 Å². The molecular formula is C11H18ClNO. The molecule has 1 saturated carbocycles. The van der Waals surface area contributed by atoms with Crippen LogP contribution < -0.4 is 0 Å². The summed E-state index contributed by atoms with van der Waals surface area (Å²) in [5, 5.41) is 9.74. The Morgan fingerprint density at radius 3 is 2.93 bits per heavy atom. The molecule has 14 heavy (non-hydrogen) atoms. The molecule has 1 N–H and O–H groups in total. The summed E-state index contributed by atoms with van der Waals surface area (Å²) in [5.41, 5.74) is 2.87. The van der Waals surface area contributed by atoms with E-state index in [1.165, 1.54) is 12.0 Å². The maximum Gasteiger partial charge on any atom is 0.0583 e. The summed E-state index contributed by atoms with van der Waals surface area (Å²) in [5.74, 6) is 1.26. The first kappa shape index (κ1) is 10.5. The Bertz CT molecular complexity index is 241. The zero-order valence-electron chi connectivity index (χ0n) is 8.62. The Balaban J connectivity index is 1.89. The van der Waals surface area contributed by atoms with Crippen molar-refractivity contribution >= 4 is 11.6 Å². The third kappa shape index (κ3) is 1.97. The molecule has 1 aliphatic carbocycles. The highest BCUT2D eigenvalue weighted by Crippen LogP contribution is 2.38. The van der Waals surface area contributed by atoms with Crippen molar-refractivity contribution in [2.24, 2.45) is 11.8 Å². The van der Waals surface area contributed by atoms with Gasteiger partial charge >= 0.3 is 0 Å². The largest absolute Gasteiger partial charge is 0.393 e. The molecule has 2 rings (SSSR count). The maximum atomic E-state index is 9.74. The fourth-order valence-electron chi connectivity index (χ4n) is 2.85. The van der Waals surface area contributed by atoms with Crippen molar-refractivity contribution in [1.29, 1.82) is 0 Å². The molecule has 0 radical (unpaired) electrons. The van der Waals surface area contributed by atoms with Gasteiger partial charge in [0.05, 0.1) is 6.10 Å². The summed E-state index contributed by atoms with van der Waals surface area (Å²) >= 11 is 5.64. The summed E-state index contributed by atoms with van der Waals surface area (Å²) < 4.78 is 0. The van der Waals surface area contributed by atoms with Gasteiger partial charge in [0.1, 0.15) is 0 Å². The van der Waals surface area contributed by atoms with Crippen LogP contribution in [0.4, 0.5) is 0 Å². The van der Waals surface area contributed by atoms with E-state index in [4.69, 9.17) is 11.6 Å². The van der Waals surface area contributed by atoms with Crippen LogP contribution in [0, 0.1) is 11.8 Å². The number of fused-ring (bicyclic) bond motifs is 1. The molecule has 1 heterocycles. The van der Waals surface area contributed by atoms with Crippen molar-refractivity contribution in [1.82, 2.24) is 4.90 Å². The summed E-state index contributed by atoms with van der Waals surface area (Å²) in [6, 6.07) is 0. The SMILES string of the molecule is CC(=CCl)CN1CC2CCC(O)C2C1. The Morgan fingerprint density at radius 2 is 2.29 bits per heavy atom. The van der Waals surface area contributed by atoms with E-state index in [2.05, 4.69) is 11.8 Å². The zero-order chi connectivity index (χ0) is 10.1. The normalized spacial score (nSPS) is 39.1. The molecule has 0 bridgehead atoms. The average molecular weight is 216 g/mol. The molecule has 3 unspecified atom stereocenters. The first-order valence-corrected chi connectivity index (χ1v) is 5.80. The molecule has 3 heteroatoms. The standard InChI is InChI=1S/C11H18ClNO/c1-8(4-12)5-13-6-9-2-3-11(14)10(9)7-13/h4,9-11,14H,2-3,5-7H2,1H3. The number of hydrogen-bond donors (Lipinski definition) is 1. The second-order valence-corrected chi connectivity index (χ2v) is 4.94. The van der Waals surface area contributed by atoms with E-state index >= 15 is 0 Å². The molecule has 1 aliphatic heterocycles. The lowest BCUT2D eigenvalue weighted by Crippen LogP contribution is -2.26. The molecule has 2 aliphatic rings. The lowest BCUT2D eigenvalue weighted by molar-refractivity contribution is 0.125. The minimum atomic E-state index is -0.0507. The predicted octanol–water partition coefficient (Wildman–Crippen LogP) is 1.83. The summed E-state index contributed by atoms with van der Waals surface area (Å²) in [7, 11) is 0. The van der Waals surface area contributed by atoms with E-state index in [-0.39, 0.29) is 6.10 Å². The second-order valence-electron chi connectivity index (χ2n) is 4.72. The van der Waals surface area contributed by atoms with Gasteiger partial charge in [0.15, 0.2) is 0 Å². The molecule has 2 fully saturated rings. The van der Waals surface area contributed by atoms with E-state index in [1.54, 1.807) is 5.54 Å². The first-order valence-electron chi connectivity index (χ1n) is 5.37. The van der Waals surface area contributed by atoms with E-state index < -0.39 is 0 Å². The van der Waals surface area contributed by atoms with Crippen LogP contribution in [0.15, 0.2) is 11.1 Å². The number of aliphatic hydroxyl groups excluding tert-OH is 1. The highest BCUT2D eigenvalue weighted by atomic mass is 35.5. The van der Waals surface area contributed by atoms with Crippen molar-refractivity contribution in [2.45, 2.75) is 25.9 Å². The van der Waals surface area contributed by atoms with Crippen molar-refractivity contribution in [2.75, 3.05) is 19.6 Å². The van der Waals surface area contributed by atoms with Crippen LogP contribution in [-0.4, -0.2) is 35.7 Å². The summed E-state index contributed by atoms with van der Waals surface area (Å²) in [6.45, 7) is 5.21. The van der Waals surface area contributed by atoms with Gasteiger partial charge in [0, 0.05) is 31.1 Å². The van der Waals surface area contributed by atoms with Crippen LogP contribution in [-0.2, 0) is 0 Å². The number of halogens is 1. The van der Waals surface area contributed by atoms with Crippen LogP contribution in [0.1, 0.15) is 19.8 Å². The lowest BCUT2D eigenvalue weighted by atomic mass is 10.00. The summed E-state index contributed by atoms with van der Waals surface area (Å²) in [4.78, 5) is 2.41. The molecule has 0 aromatic heterocycles. The smallest absolute Gasteiger partial charge is 0.0583 e. The molecule has 0 amide bonds. The molecule has 1 saturated heterocycles. The minimum absolute atomic E-state index is 0.0507. The minimum Gasteiger partial charge on any atom is -0.393 e. The van der Waals surface area contributed by atoms with Gasteiger partial charge in [-0.25, -0.2) is 0 Å². The highest BCUT2D eigenvalue weighted by Gasteiger charge is 2.41. The Morgan fingerprint density at radius 1 is 1.50 bits per heavy atom. The molecule has 80 valence electrons. The second kappa shape index (κ2) is 4.21. The van der Waals surface area contributed by atoms with Crippen molar-refractivity contribution in [3.05, 3.63) is 11.1 Å². The third-order valence-electron chi connectivity index (χ3n) is 3.55. The fourth-order valence-corrected chi connectivity index (χ4v) is 2.91. The van der Waals surface area contributed by atoms with Crippen LogP contribution in [0.5, 0.6) is 0 Å². The molecule has 0 aromatic rings. The Kier molecular flexibility index (Phi) is 3.15. The number of likely N-dealkylation sites (tertiary alicyclic amines) is 1. The van der Waals surface area contributed by atoms with Gasteiger partial charge in [-0.1, -0.05) is 11.6 Å². The molecule has 3 atom stereocenters. The number of hydrogen-bond acceptors (Lipinski definition) is 2. The Labute approximate surface area is 90.5 Å². The lowest BCUT2D eigenvalue weighted by Gasteiger charge is -2.17. The zero-order valence-corrected chi connectivity index (χ0v) is 9.37. The van der Waals surface area contributed by atoms with Gasteiger partial charge in [-0.3, -0.25) is 4.90 Å². The highest BCUT2D eigenvalue weighted by molar-refractivity contribution is 6.25. The summed E-state index contributed by atoms with van der Waals surface area (Å²) in [6.07, 6.45) is 2.16. The van der Waals surface area contributed by atoms with Crippen LogP contribution in [0.3, 0.4) is 0 Å². The molecule has 0 aromatic carbocycles. The molecule has 0 spiro atoms. The van der Waals surface area contributed by atoms with Crippen molar-refractivity contribution in [3.63, 3.8) is 0 Å². The quantitative estimate of drug-likeness (QED) is 0.760. The van der Waals surface area contributed by atoms with Gasteiger partial charge in [-0.05, 0) is 31.3 Å². The van der Waals surface area contributed by atoms with Gasteiger partial charge in [0.2, 0.25) is 0 Å². The van der Waals surface area contributed by atoms with Crippen molar-refractivity contribution in [3.8, 4) is 0 Å².